The Morgan fingerprint density at radius 3 is 2.88 bits per heavy atom. The second-order valence-electron chi connectivity index (χ2n) is 6.57. The van der Waals surface area contributed by atoms with Crippen molar-refractivity contribution in [3.8, 4) is 5.75 Å². The minimum atomic E-state index is -0.464. The molecule has 24 heavy (non-hydrogen) atoms. The summed E-state index contributed by atoms with van der Waals surface area (Å²) in [5, 5.41) is 8.78. The van der Waals surface area contributed by atoms with Crippen molar-refractivity contribution in [2.45, 2.75) is 57.6 Å². The summed E-state index contributed by atoms with van der Waals surface area (Å²) in [7, 11) is 0. The number of carbonyl (C=O) groups is 2. The van der Waals surface area contributed by atoms with Crippen LogP contribution in [0.25, 0.3) is 0 Å². The number of rotatable bonds is 4. The highest BCUT2D eigenvalue weighted by Crippen LogP contribution is 2.30. The number of fused-ring (bicyclic) bond motifs is 1. The van der Waals surface area contributed by atoms with Crippen molar-refractivity contribution in [2.75, 3.05) is 11.9 Å². The summed E-state index contributed by atoms with van der Waals surface area (Å²) in [5.41, 5.74) is 1.74. The molecule has 6 nitrogen and oxygen atoms in total. The van der Waals surface area contributed by atoms with Gasteiger partial charge in [0.1, 0.15) is 5.75 Å². The van der Waals surface area contributed by atoms with E-state index < -0.39 is 6.10 Å². The zero-order chi connectivity index (χ0) is 16.9. The van der Waals surface area contributed by atoms with E-state index in [0.29, 0.717) is 30.4 Å². The van der Waals surface area contributed by atoms with Crippen LogP contribution in [0.1, 0.15) is 44.6 Å². The number of ether oxygens (including phenoxy) is 1. The number of benzene rings is 1. The number of anilines is 1. The molecule has 1 saturated carbocycles. The standard InChI is InChI=1S/C18H25N3O3/c1-12-17(22)21-15-11-13(7-8-16(15)24-12)9-10-19-18(23)20-14-5-3-2-4-6-14/h7-8,11-12,14H,2-6,9-10H2,1H3,(H,21,22)(H2,19,20,23). The van der Waals surface area contributed by atoms with Crippen molar-refractivity contribution in [3.63, 3.8) is 0 Å². The van der Waals surface area contributed by atoms with E-state index in [1.54, 1.807) is 6.92 Å². The van der Waals surface area contributed by atoms with Crippen LogP contribution in [0.3, 0.4) is 0 Å². The molecule has 1 aliphatic carbocycles. The van der Waals surface area contributed by atoms with E-state index in [0.717, 1.165) is 18.4 Å². The fourth-order valence-corrected chi connectivity index (χ4v) is 3.22. The van der Waals surface area contributed by atoms with Crippen molar-refractivity contribution in [3.05, 3.63) is 23.8 Å². The van der Waals surface area contributed by atoms with Crippen LogP contribution in [0.5, 0.6) is 5.75 Å². The van der Waals surface area contributed by atoms with Gasteiger partial charge in [-0.1, -0.05) is 25.3 Å². The van der Waals surface area contributed by atoms with Gasteiger partial charge in [0.15, 0.2) is 6.10 Å². The van der Waals surface area contributed by atoms with Crippen LogP contribution in [-0.2, 0) is 11.2 Å². The molecule has 1 aliphatic heterocycles. The first-order chi connectivity index (χ1) is 11.6. The molecule has 0 saturated heterocycles. The van der Waals surface area contributed by atoms with E-state index in [9.17, 15) is 9.59 Å². The van der Waals surface area contributed by atoms with Crippen molar-refractivity contribution in [1.29, 1.82) is 0 Å². The van der Waals surface area contributed by atoms with Crippen LogP contribution >= 0.6 is 0 Å². The first-order valence-electron chi connectivity index (χ1n) is 8.76. The summed E-state index contributed by atoms with van der Waals surface area (Å²) in [6, 6.07) is 5.95. The third-order valence-electron chi connectivity index (χ3n) is 4.61. The van der Waals surface area contributed by atoms with Crippen LogP contribution in [0, 0.1) is 0 Å². The van der Waals surface area contributed by atoms with Crippen molar-refractivity contribution in [1.82, 2.24) is 10.6 Å². The van der Waals surface area contributed by atoms with Crippen LogP contribution in [0.4, 0.5) is 10.5 Å². The molecule has 1 aromatic carbocycles. The molecule has 0 radical (unpaired) electrons. The Hall–Kier alpha value is -2.24. The lowest BCUT2D eigenvalue weighted by Crippen LogP contribution is -2.43. The van der Waals surface area contributed by atoms with Gasteiger partial charge in [-0.2, -0.15) is 0 Å². The maximum absolute atomic E-state index is 11.9. The number of carbonyl (C=O) groups excluding carboxylic acids is 2. The highest BCUT2D eigenvalue weighted by atomic mass is 16.5. The normalized spacial score (nSPS) is 20.5. The maximum atomic E-state index is 11.9. The first kappa shape index (κ1) is 16.6. The smallest absolute Gasteiger partial charge is 0.315 e. The van der Waals surface area contributed by atoms with Gasteiger partial charge in [-0.25, -0.2) is 4.79 Å². The quantitative estimate of drug-likeness (QED) is 0.793. The van der Waals surface area contributed by atoms with Gasteiger partial charge in [-0.05, 0) is 43.9 Å². The summed E-state index contributed by atoms with van der Waals surface area (Å²) in [6.45, 7) is 2.28. The lowest BCUT2D eigenvalue weighted by atomic mass is 9.96. The molecule has 1 aromatic rings. The predicted octanol–water partition coefficient (Wildman–Crippen LogP) is 2.58. The Labute approximate surface area is 142 Å². The number of urea groups is 1. The van der Waals surface area contributed by atoms with Gasteiger partial charge in [0.05, 0.1) is 5.69 Å². The SMILES string of the molecule is CC1Oc2ccc(CCNC(=O)NC3CCCCC3)cc2NC1=O. The molecule has 0 spiro atoms. The van der Waals surface area contributed by atoms with Gasteiger partial charge < -0.3 is 20.7 Å². The molecule has 130 valence electrons. The zero-order valence-corrected chi connectivity index (χ0v) is 14.1. The van der Waals surface area contributed by atoms with Crippen LogP contribution in [0.15, 0.2) is 18.2 Å². The molecule has 0 aromatic heterocycles. The third-order valence-corrected chi connectivity index (χ3v) is 4.61. The third kappa shape index (κ3) is 4.19. The fraction of sp³-hybridized carbons (Fsp3) is 0.556. The molecule has 1 heterocycles. The van der Waals surface area contributed by atoms with Gasteiger partial charge >= 0.3 is 6.03 Å². The topological polar surface area (TPSA) is 79.5 Å². The van der Waals surface area contributed by atoms with Gasteiger partial charge in [0.2, 0.25) is 0 Å². The molecule has 6 heteroatoms. The Morgan fingerprint density at radius 2 is 2.08 bits per heavy atom. The van der Waals surface area contributed by atoms with Crippen molar-refractivity contribution < 1.29 is 14.3 Å². The van der Waals surface area contributed by atoms with E-state index in [1.807, 2.05) is 18.2 Å². The molecule has 1 fully saturated rings. The lowest BCUT2D eigenvalue weighted by Gasteiger charge is -2.24. The number of hydrogen-bond acceptors (Lipinski definition) is 3. The average Bonchev–Trinajstić information content (AvgIpc) is 2.57. The maximum Gasteiger partial charge on any atom is 0.315 e. The highest BCUT2D eigenvalue weighted by molar-refractivity contribution is 5.97. The van der Waals surface area contributed by atoms with E-state index in [1.165, 1.54) is 19.3 Å². The Morgan fingerprint density at radius 1 is 1.29 bits per heavy atom. The molecule has 0 bridgehead atoms. The summed E-state index contributed by atoms with van der Waals surface area (Å²) in [5.74, 6) is 0.554. The summed E-state index contributed by atoms with van der Waals surface area (Å²) < 4.78 is 5.53. The monoisotopic (exact) mass is 331 g/mol. The highest BCUT2D eigenvalue weighted by Gasteiger charge is 2.23. The molecule has 3 N–H and O–H groups in total. The molecule has 3 rings (SSSR count). The van der Waals surface area contributed by atoms with Crippen LogP contribution < -0.4 is 20.7 Å². The van der Waals surface area contributed by atoms with E-state index >= 15 is 0 Å². The summed E-state index contributed by atoms with van der Waals surface area (Å²) in [4.78, 5) is 23.6. The Kier molecular flexibility index (Phi) is 5.23. The van der Waals surface area contributed by atoms with Gasteiger partial charge in [0, 0.05) is 12.6 Å². The van der Waals surface area contributed by atoms with Gasteiger partial charge in [0.25, 0.3) is 5.91 Å². The molecule has 3 amide bonds. The lowest BCUT2D eigenvalue weighted by molar-refractivity contribution is -0.122. The van der Waals surface area contributed by atoms with E-state index in [4.69, 9.17) is 4.74 Å². The summed E-state index contributed by atoms with van der Waals surface area (Å²) >= 11 is 0. The average molecular weight is 331 g/mol. The minimum Gasteiger partial charge on any atom is -0.479 e. The second kappa shape index (κ2) is 7.55. The van der Waals surface area contributed by atoms with Gasteiger partial charge in [-0.3, -0.25) is 4.79 Å². The largest absolute Gasteiger partial charge is 0.479 e. The number of hydrogen-bond donors (Lipinski definition) is 3. The van der Waals surface area contributed by atoms with Crippen LogP contribution in [0.2, 0.25) is 0 Å². The Bertz CT molecular complexity index is 612. The first-order valence-corrected chi connectivity index (χ1v) is 8.76. The molecule has 1 unspecified atom stereocenters. The minimum absolute atomic E-state index is 0.0923. The zero-order valence-electron chi connectivity index (χ0n) is 14.1. The fourth-order valence-electron chi connectivity index (χ4n) is 3.22. The van der Waals surface area contributed by atoms with Crippen molar-refractivity contribution in [2.24, 2.45) is 0 Å². The second-order valence-corrected chi connectivity index (χ2v) is 6.57. The van der Waals surface area contributed by atoms with Crippen molar-refractivity contribution >= 4 is 17.6 Å². The number of nitrogens with one attached hydrogen (secondary N) is 3. The number of amides is 3. The molecular formula is C18H25N3O3. The molecular weight excluding hydrogens is 306 g/mol. The summed E-state index contributed by atoms with van der Waals surface area (Å²) in [6.07, 6.45) is 6.08. The van der Waals surface area contributed by atoms with Gasteiger partial charge in [-0.15, -0.1) is 0 Å². The van der Waals surface area contributed by atoms with E-state index in [2.05, 4.69) is 16.0 Å². The van der Waals surface area contributed by atoms with E-state index in [-0.39, 0.29) is 11.9 Å². The molecule has 1 atom stereocenters. The Balaban J connectivity index is 1.46. The molecule has 2 aliphatic rings. The predicted molar refractivity (Wildman–Crippen MR) is 92.3 cm³/mol. The van der Waals surface area contributed by atoms with Crippen LogP contribution in [-0.4, -0.2) is 30.6 Å².